The average Bonchev–Trinajstić information content (AvgIpc) is 2.36. The second kappa shape index (κ2) is 7.68. The van der Waals surface area contributed by atoms with Gasteiger partial charge in [-0.25, -0.2) is 0 Å². The first-order valence-corrected chi connectivity index (χ1v) is 6.01. The van der Waals surface area contributed by atoms with Gasteiger partial charge < -0.3 is 15.7 Å². The van der Waals surface area contributed by atoms with Crippen LogP contribution < -0.4 is 10.6 Å². The van der Waals surface area contributed by atoms with E-state index in [1.54, 1.807) is 6.07 Å². The van der Waals surface area contributed by atoms with Crippen LogP contribution in [0.2, 0.25) is 0 Å². The molecule has 0 fully saturated rings. The summed E-state index contributed by atoms with van der Waals surface area (Å²) in [4.78, 5) is 11.7. The number of aliphatic hydroxyl groups excluding tert-OH is 1. The van der Waals surface area contributed by atoms with E-state index < -0.39 is 0 Å². The largest absolute Gasteiger partial charge is 0.396 e. The molecule has 0 unspecified atom stereocenters. The van der Waals surface area contributed by atoms with Crippen LogP contribution in [0.25, 0.3) is 0 Å². The third-order valence-electron chi connectivity index (χ3n) is 2.32. The lowest BCUT2D eigenvalue weighted by atomic mass is 10.2. The van der Waals surface area contributed by atoms with E-state index >= 15 is 0 Å². The Balaban J connectivity index is 2.55. The molecule has 0 aliphatic carbocycles. The molecule has 1 aromatic carbocycles. The molecule has 0 spiro atoms. The van der Waals surface area contributed by atoms with Crippen LogP contribution in [0.3, 0.4) is 0 Å². The molecule has 94 valence electrons. The lowest BCUT2D eigenvalue weighted by Gasteiger charge is -2.08. The molecule has 0 saturated carbocycles. The van der Waals surface area contributed by atoms with Crippen molar-refractivity contribution in [2.45, 2.75) is 19.8 Å². The lowest BCUT2D eigenvalue weighted by Crippen LogP contribution is -2.23. The maximum Gasteiger partial charge on any atom is 0.251 e. The minimum absolute atomic E-state index is 0.0438. The minimum atomic E-state index is -0.0438. The van der Waals surface area contributed by atoms with Crippen molar-refractivity contribution in [3.8, 4) is 0 Å². The van der Waals surface area contributed by atoms with E-state index in [1.165, 1.54) is 0 Å². The van der Waals surface area contributed by atoms with Crippen LogP contribution in [0.5, 0.6) is 0 Å². The van der Waals surface area contributed by atoms with Crippen molar-refractivity contribution in [2.75, 3.05) is 25.0 Å². The predicted molar refractivity (Wildman–Crippen MR) is 69.3 cm³/mol. The van der Waals surface area contributed by atoms with Gasteiger partial charge in [-0.15, -0.1) is 0 Å². The van der Waals surface area contributed by atoms with E-state index in [0.29, 0.717) is 25.1 Å². The summed E-state index contributed by atoms with van der Waals surface area (Å²) in [6, 6.07) is 7.38. The van der Waals surface area contributed by atoms with E-state index in [9.17, 15) is 4.79 Å². The monoisotopic (exact) mass is 236 g/mol. The number of nitrogens with one attached hydrogen (secondary N) is 2. The molecule has 0 bridgehead atoms. The second-order valence-electron chi connectivity index (χ2n) is 3.84. The molecule has 0 heterocycles. The number of amides is 1. The minimum Gasteiger partial charge on any atom is -0.396 e. The maximum atomic E-state index is 11.7. The van der Waals surface area contributed by atoms with Gasteiger partial charge in [-0.05, 0) is 31.0 Å². The summed E-state index contributed by atoms with van der Waals surface area (Å²) in [6.07, 6.45) is 1.63. The van der Waals surface area contributed by atoms with Gasteiger partial charge in [-0.1, -0.05) is 13.0 Å². The van der Waals surface area contributed by atoms with Gasteiger partial charge in [0.1, 0.15) is 0 Å². The van der Waals surface area contributed by atoms with Gasteiger partial charge in [-0.2, -0.15) is 0 Å². The van der Waals surface area contributed by atoms with Crippen molar-refractivity contribution in [3.05, 3.63) is 29.8 Å². The van der Waals surface area contributed by atoms with Gasteiger partial charge in [0, 0.05) is 30.9 Å². The standard InChI is InChI=1S/C13H20N2O2/c1-2-7-15-13(17)11-5-3-6-12(10-11)14-8-4-9-16/h3,5-6,10,14,16H,2,4,7-9H2,1H3,(H,15,17). The Hall–Kier alpha value is -1.55. The van der Waals surface area contributed by atoms with Gasteiger partial charge in [-0.3, -0.25) is 4.79 Å². The van der Waals surface area contributed by atoms with Gasteiger partial charge >= 0.3 is 0 Å². The molecule has 1 rings (SSSR count). The Morgan fingerprint density at radius 3 is 2.88 bits per heavy atom. The Bertz CT molecular complexity index is 353. The number of carbonyl (C=O) groups is 1. The molecule has 0 saturated heterocycles. The predicted octanol–water partition coefficient (Wildman–Crippen LogP) is 1.62. The average molecular weight is 236 g/mol. The first-order chi connectivity index (χ1) is 8.27. The fraction of sp³-hybridized carbons (Fsp3) is 0.462. The van der Waals surface area contributed by atoms with Gasteiger partial charge in [0.15, 0.2) is 0 Å². The third kappa shape index (κ3) is 4.87. The van der Waals surface area contributed by atoms with Gasteiger partial charge in [0.25, 0.3) is 5.91 Å². The van der Waals surface area contributed by atoms with E-state index in [1.807, 2.05) is 25.1 Å². The molecule has 0 atom stereocenters. The molecular formula is C13H20N2O2. The molecule has 0 radical (unpaired) electrons. The summed E-state index contributed by atoms with van der Waals surface area (Å²) in [5.41, 5.74) is 1.56. The summed E-state index contributed by atoms with van der Waals surface area (Å²) in [5, 5.41) is 14.7. The smallest absolute Gasteiger partial charge is 0.251 e. The van der Waals surface area contributed by atoms with E-state index in [4.69, 9.17) is 5.11 Å². The SMILES string of the molecule is CCCNC(=O)c1cccc(NCCCO)c1. The highest BCUT2D eigenvalue weighted by molar-refractivity contribution is 5.95. The summed E-state index contributed by atoms with van der Waals surface area (Å²) >= 11 is 0. The highest BCUT2D eigenvalue weighted by atomic mass is 16.3. The summed E-state index contributed by atoms with van der Waals surface area (Å²) < 4.78 is 0. The van der Waals surface area contributed by atoms with Crippen LogP contribution in [-0.4, -0.2) is 30.7 Å². The number of hydrogen-bond acceptors (Lipinski definition) is 3. The van der Waals surface area contributed by atoms with E-state index in [-0.39, 0.29) is 12.5 Å². The highest BCUT2D eigenvalue weighted by Crippen LogP contribution is 2.10. The van der Waals surface area contributed by atoms with Crippen LogP contribution in [0.1, 0.15) is 30.1 Å². The zero-order valence-electron chi connectivity index (χ0n) is 10.2. The van der Waals surface area contributed by atoms with E-state index in [2.05, 4.69) is 10.6 Å². The van der Waals surface area contributed by atoms with Crippen molar-refractivity contribution >= 4 is 11.6 Å². The van der Waals surface area contributed by atoms with Crippen LogP contribution in [0.4, 0.5) is 5.69 Å². The summed E-state index contributed by atoms with van der Waals surface area (Å²) in [7, 11) is 0. The fourth-order valence-electron chi connectivity index (χ4n) is 1.42. The number of benzene rings is 1. The fourth-order valence-corrected chi connectivity index (χ4v) is 1.42. The van der Waals surface area contributed by atoms with Crippen molar-refractivity contribution in [3.63, 3.8) is 0 Å². The van der Waals surface area contributed by atoms with Gasteiger partial charge in [0.05, 0.1) is 0 Å². The number of aliphatic hydroxyl groups is 1. The highest BCUT2D eigenvalue weighted by Gasteiger charge is 2.04. The van der Waals surface area contributed by atoms with Crippen LogP contribution in [0.15, 0.2) is 24.3 Å². The first-order valence-electron chi connectivity index (χ1n) is 6.01. The molecule has 1 aromatic rings. The second-order valence-corrected chi connectivity index (χ2v) is 3.84. The third-order valence-corrected chi connectivity index (χ3v) is 2.32. The number of hydrogen-bond donors (Lipinski definition) is 3. The molecule has 3 N–H and O–H groups in total. The molecule has 17 heavy (non-hydrogen) atoms. The molecule has 4 nitrogen and oxygen atoms in total. The van der Waals surface area contributed by atoms with Crippen molar-refractivity contribution < 1.29 is 9.90 Å². The van der Waals surface area contributed by atoms with Crippen LogP contribution in [0, 0.1) is 0 Å². The molecule has 1 amide bonds. The van der Waals surface area contributed by atoms with Crippen LogP contribution in [-0.2, 0) is 0 Å². The molecule has 0 aromatic heterocycles. The number of carbonyl (C=O) groups excluding carboxylic acids is 1. The zero-order valence-corrected chi connectivity index (χ0v) is 10.2. The number of anilines is 1. The topological polar surface area (TPSA) is 61.4 Å². The summed E-state index contributed by atoms with van der Waals surface area (Å²) in [6.45, 7) is 3.59. The Labute approximate surface area is 102 Å². The summed E-state index contributed by atoms with van der Waals surface area (Å²) in [5.74, 6) is -0.0438. The Kier molecular flexibility index (Phi) is 6.10. The van der Waals surface area contributed by atoms with Crippen LogP contribution >= 0.6 is 0 Å². The number of rotatable bonds is 7. The molecular weight excluding hydrogens is 216 g/mol. The lowest BCUT2D eigenvalue weighted by molar-refractivity contribution is 0.0953. The van der Waals surface area contributed by atoms with Gasteiger partial charge in [0.2, 0.25) is 0 Å². The Morgan fingerprint density at radius 2 is 2.18 bits per heavy atom. The molecule has 0 aliphatic heterocycles. The zero-order chi connectivity index (χ0) is 12.5. The normalized spacial score (nSPS) is 10.0. The van der Waals surface area contributed by atoms with Crippen molar-refractivity contribution in [2.24, 2.45) is 0 Å². The maximum absolute atomic E-state index is 11.7. The van der Waals surface area contributed by atoms with Crippen molar-refractivity contribution in [1.82, 2.24) is 5.32 Å². The molecule has 0 aliphatic rings. The first kappa shape index (κ1) is 13.5. The Morgan fingerprint density at radius 1 is 1.35 bits per heavy atom. The van der Waals surface area contributed by atoms with E-state index in [0.717, 1.165) is 12.1 Å². The molecule has 4 heteroatoms. The quantitative estimate of drug-likeness (QED) is 0.630. The van der Waals surface area contributed by atoms with Crippen molar-refractivity contribution in [1.29, 1.82) is 0 Å².